The first-order chi connectivity index (χ1) is 7.52. The van der Waals surface area contributed by atoms with Gasteiger partial charge in [0, 0.05) is 12.7 Å². The highest BCUT2D eigenvalue weighted by molar-refractivity contribution is 5.81. The van der Waals surface area contributed by atoms with Gasteiger partial charge in [0.15, 0.2) is 5.78 Å². The van der Waals surface area contributed by atoms with Crippen LogP contribution in [0, 0.1) is 0 Å². The summed E-state index contributed by atoms with van der Waals surface area (Å²) in [4.78, 5) is 11.6. The van der Waals surface area contributed by atoms with Gasteiger partial charge in [0.25, 0.3) is 0 Å². The van der Waals surface area contributed by atoms with Crippen molar-refractivity contribution in [3.8, 4) is 0 Å². The van der Waals surface area contributed by atoms with Gasteiger partial charge >= 0.3 is 0 Å². The molecule has 4 heteroatoms. The van der Waals surface area contributed by atoms with Gasteiger partial charge in [0.2, 0.25) is 0 Å². The fourth-order valence-corrected chi connectivity index (χ4v) is 1.42. The van der Waals surface area contributed by atoms with Gasteiger partial charge < -0.3 is 4.74 Å². The SMILES string of the molecule is CCc1cc(CC(=O)COC(C)C)n(C)n1. The lowest BCUT2D eigenvalue weighted by Gasteiger charge is -2.06. The zero-order valence-corrected chi connectivity index (χ0v) is 10.5. The zero-order chi connectivity index (χ0) is 12.1. The largest absolute Gasteiger partial charge is 0.371 e. The van der Waals surface area contributed by atoms with Crippen molar-refractivity contribution in [2.24, 2.45) is 7.05 Å². The quantitative estimate of drug-likeness (QED) is 0.736. The van der Waals surface area contributed by atoms with Crippen LogP contribution >= 0.6 is 0 Å². The molecule has 0 bridgehead atoms. The van der Waals surface area contributed by atoms with Gasteiger partial charge in [0.05, 0.1) is 18.2 Å². The number of aryl methyl sites for hydroxylation is 2. The summed E-state index contributed by atoms with van der Waals surface area (Å²) in [5.41, 5.74) is 1.98. The first-order valence-electron chi connectivity index (χ1n) is 5.68. The summed E-state index contributed by atoms with van der Waals surface area (Å²) < 4.78 is 7.04. The maximum Gasteiger partial charge on any atom is 0.164 e. The summed E-state index contributed by atoms with van der Waals surface area (Å²) in [7, 11) is 1.87. The molecule has 0 aromatic carbocycles. The number of rotatable bonds is 6. The Labute approximate surface area is 96.6 Å². The maximum absolute atomic E-state index is 11.6. The average molecular weight is 224 g/mol. The van der Waals surface area contributed by atoms with E-state index in [0.717, 1.165) is 17.8 Å². The van der Waals surface area contributed by atoms with Crippen LogP contribution in [0.4, 0.5) is 0 Å². The van der Waals surface area contributed by atoms with Crippen LogP contribution in [0.2, 0.25) is 0 Å². The molecule has 0 saturated heterocycles. The summed E-state index contributed by atoms with van der Waals surface area (Å²) in [6, 6.07) is 1.98. The minimum Gasteiger partial charge on any atom is -0.371 e. The molecule has 1 rings (SSSR count). The summed E-state index contributed by atoms with van der Waals surface area (Å²) in [5.74, 6) is 0.0966. The highest BCUT2D eigenvalue weighted by Gasteiger charge is 2.10. The molecule has 16 heavy (non-hydrogen) atoms. The Morgan fingerprint density at radius 2 is 2.25 bits per heavy atom. The third-order valence-corrected chi connectivity index (χ3v) is 2.35. The molecular formula is C12H20N2O2. The van der Waals surface area contributed by atoms with E-state index in [-0.39, 0.29) is 18.5 Å². The van der Waals surface area contributed by atoms with Gasteiger partial charge in [-0.05, 0) is 26.3 Å². The summed E-state index contributed by atoms with van der Waals surface area (Å²) in [5, 5.41) is 4.30. The molecule has 1 heterocycles. The number of ether oxygens (including phenoxy) is 1. The van der Waals surface area contributed by atoms with Crippen molar-refractivity contribution in [2.45, 2.75) is 39.7 Å². The first kappa shape index (κ1) is 12.9. The number of hydrogen-bond donors (Lipinski definition) is 0. The Hall–Kier alpha value is -1.16. The monoisotopic (exact) mass is 224 g/mol. The Morgan fingerprint density at radius 3 is 2.75 bits per heavy atom. The van der Waals surface area contributed by atoms with E-state index < -0.39 is 0 Å². The molecule has 1 aromatic heterocycles. The van der Waals surface area contributed by atoms with E-state index in [1.807, 2.05) is 27.0 Å². The van der Waals surface area contributed by atoms with E-state index in [2.05, 4.69) is 12.0 Å². The lowest BCUT2D eigenvalue weighted by molar-refractivity contribution is -0.124. The van der Waals surface area contributed by atoms with Crippen LogP contribution in [0.15, 0.2) is 6.07 Å². The predicted octanol–water partition coefficient (Wildman–Crippen LogP) is 1.52. The van der Waals surface area contributed by atoms with Crippen LogP contribution in [-0.2, 0) is 29.4 Å². The number of carbonyl (C=O) groups excluding carboxylic acids is 1. The standard InChI is InChI=1S/C12H20N2O2/c1-5-10-6-11(14(4)13-10)7-12(15)8-16-9(2)3/h6,9H,5,7-8H2,1-4H3. The Balaban J connectivity index is 2.52. The fraction of sp³-hybridized carbons (Fsp3) is 0.667. The van der Waals surface area contributed by atoms with Crippen LogP contribution in [-0.4, -0.2) is 28.3 Å². The minimum atomic E-state index is 0.0966. The van der Waals surface area contributed by atoms with E-state index in [9.17, 15) is 4.79 Å². The normalized spacial score (nSPS) is 11.1. The summed E-state index contributed by atoms with van der Waals surface area (Å²) in [6.07, 6.45) is 1.39. The van der Waals surface area contributed by atoms with Crippen molar-refractivity contribution < 1.29 is 9.53 Å². The third kappa shape index (κ3) is 3.77. The number of ketones is 1. The molecular weight excluding hydrogens is 204 g/mol. The molecule has 0 saturated carbocycles. The molecule has 0 aliphatic heterocycles. The van der Waals surface area contributed by atoms with Crippen LogP contribution < -0.4 is 0 Å². The maximum atomic E-state index is 11.6. The number of nitrogens with zero attached hydrogens (tertiary/aromatic N) is 2. The lowest BCUT2D eigenvalue weighted by atomic mass is 10.2. The van der Waals surface area contributed by atoms with Crippen LogP contribution in [0.25, 0.3) is 0 Å². The second-order valence-electron chi connectivity index (χ2n) is 4.18. The molecule has 0 unspecified atom stereocenters. The first-order valence-corrected chi connectivity index (χ1v) is 5.68. The van der Waals surface area contributed by atoms with Crippen molar-refractivity contribution in [2.75, 3.05) is 6.61 Å². The fourth-order valence-electron chi connectivity index (χ4n) is 1.42. The van der Waals surface area contributed by atoms with E-state index in [0.29, 0.717) is 6.42 Å². The van der Waals surface area contributed by atoms with Gasteiger partial charge in [-0.15, -0.1) is 0 Å². The average Bonchev–Trinajstić information content (AvgIpc) is 2.57. The second-order valence-corrected chi connectivity index (χ2v) is 4.18. The molecule has 0 fully saturated rings. The third-order valence-electron chi connectivity index (χ3n) is 2.35. The molecule has 0 spiro atoms. The van der Waals surface area contributed by atoms with E-state index in [1.54, 1.807) is 4.68 Å². The van der Waals surface area contributed by atoms with Crippen molar-refractivity contribution in [3.63, 3.8) is 0 Å². The summed E-state index contributed by atoms with van der Waals surface area (Å²) >= 11 is 0. The molecule has 0 N–H and O–H groups in total. The number of hydrogen-bond acceptors (Lipinski definition) is 3. The molecule has 0 amide bonds. The van der Waals surface area contributed by atoms with Gasteiger partial charge in [-0.25, -0.2) is 0 Å². The number of carbonyl (C=O) groups is 1. The Bertz CT molecular complexity index is 356. The minimum absolute atomic E-state index is 0.0966. The predicted molar refractivity (Wildman–Crippen MR) is 62.4 cm³/mol. The van der Waals surface area contributed by atoms with Gasteiger partial charge in [-0.3, -0.25) is 9.48 Å². The van der Waals surface area contributed by atoms with Crippen LogP contribution in [0.3, 0.4) is 0 Å². The molecule has 1 aromatic rings. The highest BCUT2D eigenvalue weighted by Crippen LogP contribution is 2.05. The van der Waals surface area contributed by atoms with Crippen LogP contribution in [0.5, 0.6) is 0 Å². The molecule has 0 radical (unpaired) electrons. The van der Waals surface area contributed by atoms with Gasteiger partial charge in [-0.1, -0.05) is 6.92 Å². The lowest BCUT2D eigenvalue weighted by Crippen LogP contribution is -2.16. The van der Waals surface area contributed by atoms with Crippen LogP contribution in [0.1, 0.15) is 32.2 Å². The van der Waals surface area contributed by atoms with Crippen molar-refractivity contribution >= 4 is 5.78 Å². The molecule has 0 atom stereocenters. The second kappa shape index (κ2) is 5.80. The van der Waals surface area contributed by atoms with E-state index in [1.165, 1.54) is 0 Å². The van der Waals surface area contributed by atoms with Crippen molar-refractivity contribution in [3.05, 3.63) is 17.5 Å². The smallest absolute Gasteiger partial charge is 0.164 e. The Kier molecular flexibility index (Phi) is 4.68. The molecule has 90 valence electrons. The molecule has 4 nitrogen and oxygen atoms in total. The number of Topliss-reactive ketones (excluding diaryl/α,β-unsaturated/α-hetero) is 1. The summed E-state index contributed by atoms with van der Waals surface area (Å²) in [6.45, 7) is 6.08. The topological polar surface area (TPSA) is 44.1 Å². The van der Waals surface area contributed by atoms with Crippen molar-refractivity contribution in [1.29, 1.82) is 0 Å². The highest BCUT2D eigenvalue weighted by atomic mass is 16.5. The molecule has 0 aliphatic rings. The Morgan fingerprint density at radius 1 is 1.56 bits per heavy atom. The van der Waals surface area contributed by atoms with E-state index in [4.69, 9.17) is 4.74 Å². The van der Waals surface area contributed by atoms with Gasteiger partial charge in [0.1, 0.15) is 6.61 Å². The van der Waals surface area contributed by atoms with Gasteiger partial charge in [-0.2, -0.15) is 5.10 Å². The van der Waals surface area contributed by atoms with E-state index >= 15 is 0 Å². The number of aromatic nitrogens is 2. The van der Waals surface area contributed by atoms with Crippen molar-refractivity contribution in [1.82, 2.24) is 9.78 Å². The molecule has 0 aliphatic carbocycles. The zero-order valence-electron chi connectivity index (χ0n) is 10.5.